The average molecular weight is 478 g/mol. The van der Waals surface area contributed by atoms with Crippen molar-refractivity contribution in [2.24, 2.45) is 10.9 Å². The summed E-state index contributed by atoms with van der Waals surface area (Å²) >= 11 is 1.24. The van der Waals surface area contributed by atoms with Crippen LogP contribution in [0.25, 0.3) is 0 Å². The molecule has 2 unspecified atom stereocenters. The van der Waals surface area contributed by atoms with Crippen LogP contribution in [-0.2, 0) is 16.9 Å². The summed E-state index contributed by atoms with van der Waals surface area (Å²) in [6, 6.07) is 9.53. The van der Waals surface area contributed by atoms with E-state index in [-0.39, 0.29) is 6.42 Å². The molecule has 3 heterocycles. The fourth-order valence-electron chi connectivity index (χ4n) is 3.89. The second-order valence-corrected chi connectivity index (χ2v) is 9.41. The molecule has 0 bridgehead atoms. The van der Waals surface area contributed by atoms with E-state index in [1.54, 1.807) is 4.57 Å². The molecule has 1 saturated heterocycles. The number of aromatic nitrogens is 2. The number of ether oxygens (including phenoxy) is 1. The van der Waals surface area contributed by atoms with Gasteiger partial charge in [0, 0.05) is 13.0 Å². The van der Waals surface area contributed by atoms with E-state index in [1.807, 2.05) is 30.3 Å². The minimum absolute atomic E-state index is 0.240. The molecule has 0 amide bonds. The summed E-state index contributed by atoms with van der Waals surface area (Å²) < 4.78 is 10.6. The fraction of sp³-hybridized carbons (Fsp3) is 0.545. The van der Waals surface area contributed by atoms with Gasteiger partial charge in [0.1, 0.15) is 24.0 Å². The Hall–Kier alpha value is -1.99. The zero-order valence-corrected chi connectivity index (χ0v) is 19.4. The van der Waals surface area contributed by atoms with E-state index in [0.717, 1.165) is 18.5 Å². The Balaban J connectivity index is 1.72. The van der Waals surface area contributed by atoms with Crippen LogP contribution in [0.1, 0.15) is 37.8 Å². The highest BCUT2D eigenvalue weighted by Gasteiger charge is 2.47. The molecule has 2 aliphatic heterocycles. The van der Waals surface area contributed by atoms with Crippen molar-refractivity contribution in [1.29, 1.82) is 0 Å². The molecule has 2 aromatic rings. The Bertz CT molecular complexity index is 974. The molecule has 1 aromatic heterocycles. The zero-order valence-electron chi connectivity index (χ0n) is 18.6. The third kappa shape index (κ3) is 4.80. The van der Waals surface area contributed by atoms with E-state index >= 15 is 0 Å². The second kappa shape index (κ2) is 10.1. The predicted molar refractivity (Wildman–Crippen MR) is 124 cm³/mol. The molecule has 1 fully saturated rings. The lowest BCUT2D eigenvalue weighted by Gasteiger charge is -2.30. The van der Waals surface area contributed by atoms with Crippen LogP contribution >= 0.6 is 11.9 Å². The van der Waals surface area contributed by atoms with Gasteiger partial charge in [-0.05, 0) is 23.4 Å². The van der Waals surface area contributed by atoms with E-state index in [2.05, 4.69) is 33.9 Å². The van der Waals surface area contributed by atoms with Crippen LogP contribution in [0.2, 0.25) is 0 Å². The highest BCUT2D eigenvalue weighted by Crippen LogP contribution is 2.42. The largest absolute Gasteiger partial charge is 0.394 e. The Morgan fingerprint density at radius 3 is 2.70 bits per heavy atom. The molecule has 6 atom stereocenters. The van der Waals surface area contributed by atoms with Gasteiger partial charge >= 0.3 is 0 Å². The molecule has 11 heteroatoms. The third-order valence-corrected chi connectivity index (χ3v) is 6.88. The molecule has 0 spiro atoms. The molecule has 33 heavy (non-hydrogen) atoms. The van der Waals surface area contributed by atoms with Gasteiger partial charge in [0.05, 0.1) is 12.9 Å². The SMILES string of the molecule is CCC(C)CNSc1nc2c(n1[C@@H]1O[C@H](CO)[C@@H](O)[C@H]1O)N=CNC2(O)Cc1ccccc1. The Kier molecular flexibility index (Phi) is 7.39. The lowest BCUT2D eigenvalue weighted by Crippen LogP contribution is -2.45. The van der Waals surface area contributed by atoms with Gasteiger partial charge in [-0.2, -0.15) is 0 Å². The normalized spacial score (nSPS) is 29.6. The van der Waals surface area contributed by atoms with Gasteiger partial charge < -0.3 is 30.5 Å². The number of nitrogens with one attached hydrogen (secondary N) is 2. The smallest absolute Gasteiger partial charge is 0.187 e. The zero-order chi connectivity index (χ0) is 23.6. The van der Waals surface area contributed by atoms with Crippen LogP contribution < -0.4 is 10.0 Å². The molecule has 180 valence electrons. The van der Waals surface area contributed by atoms with Crippen molar-refractivity contribution in [3.8, 4) is 0 Å². The lowest BCUT2D eigenvalue weighted by atomic mass is 9.98. The van der Waals surface area contributed by atoms with Crippen molar-refractivity contribution in [2.75, 3.05) is 13.2 Å². The fourth-order valence-corrected chi connectivity index (χ4v) is 4.81. The van der Waals surface area contributed by atoms with Crippen LogP contribution in [0.5, 0.6) is 0 Å². The summed E-state index contributed by atoms with van der Waals surface area (Å²) in [5.74, 6) is 0.758. The van der Waals surface area contributed by atoms with E-state index in [9.17, 15) is 20.4 Å². The number of rotatable bonds is 9. The number of imidazole rings is 1. The Labute approximate surface area is 196 Å². The molecule has 2 aliphatic rings. The van der Waals surface area contributed by atoms with Crippen molar-refractivity contribution in [2.45, 2.75) is 62.1 Å². The van der Waals surface area contributed by atoms with Crippen molar-refractivity contribution >= 4 is 24.1 Å². The summed E-state index contributed by atoms with van der Waals surface area (Å²) in [6.07, 6.45) is -1.89. The molecular weight excluding hydrogens is 446 g/mol. The topological polar surface area (TPSA) is 144 Å². The number of nitrogens with zero attached hydrogens (tertiary/aromatic N) is 3. The van der Waals surface area contributed by atoms with Crippen LogP contribution in [0.4, 0.5) is 5.82 Å². The summed E-state index contributed by atoms with van der Waals surface area (Å²) in [5, 5.41) is 45.4. The summed E-state index contributed by atoms with van der Waals surface area (Å²) in [7, 11) is 0. The molecule has 1 aromatic carbocycles. The first-order valence-electron chi connectivity index (χ1n) is 11.1. The number of aliphatic imine (C=N–C) groups is 1. The van der Waals surface area contributed by atoms with Gasteiger partial charge in [-0.25, -0.2) is 9.98 Å². The maximum Gasteiger partial charge on any atom is 0.187 e. The highest BCUT2D eigenvalue weighted by molar-refractivity contribution is 7.97. The number of fused-ring (bicyclic) bond motifs is 1. The molecule has 4 rings (SSSR count). The standard InChI is InChI=1S/C22H31N5O5S/c1-3-13(2)10-25-33-21-26-18-19(27(21)20-17(30)16(29)15(11-28)32-20)23-12-24-22(18,31)9-14-7-5-4-6-8-14/h4-8,12-13,15-17,20,25,28-31H,3,9-11H2,1-2H3,(H,23,24)/t13?,15-,16-,17-,20-,22?/m1/s1. The van der Waals surface area contributed by atoms with Gasteiger partial charge in [-0.1, -0.05) is 50.6 Å². The molecule has 0 saturated carbocycles. The van der Waals surface area contributed by atoms with Crippen LogP contribution in [-0.4, -0.2) is 67.8 Å². The average Bonchev–Trinajstić information content (AvgIpc) is 3.32. The molecule has 0 aliphatic carbocycles. The third-order valence-electron chi connectivity index (χ3n) is 6.10. The molecule has 10 nitrogen and oxygen atoms in total. The number of aliphatic hydroxyl groups excluding tert-OH is 3. The van der Waals surface area contributed by atoms with Crippen LogP contribution in [0.15, 0.2) is 40.5 Å². The molecule has 6 N–H and O–H groups in total. The first kappa shape index (κ1) is 24.1. The molecular formula is C22H31N5O5S. The maximum absolute atomic E-state index is 11.5. The Morgan fingerprint density at radius 1 is 1.27 bits per heavy atom. The minimum Gasteiger partial charge on any atom is -0.394 e. The summed E-state index contributed by atoms with van der Waals surface area (Å²) in [6.45, 7) is 4.53. The van der Waals surface area contributed by atoms with Crippen molar-refractivity contribution in [3.05, 3.63) is 41.6 Å². The van der Waals surface area contributed by atoms with Crippen LogP contribution in [0, 0.1) is 5.92 Å². The van der Waals surface area contributed by atoms with Gasteiger partial charge in [0.2, 0.25) is 0 Å². The summed E-state index contributed by atoms with van der Waals surface area (Å²) in [5.41, 5.74) is -0.339. The lowest BCUT2D eigenvalue weighted by molar-refractivity contribution is -0.0560. The number of benzene rings is 1. The highest BCUT2D eigenvalue weighted by atomic mass is 32.2. The minimum atomic E-state index is -1.53. The number of hydrogen-bond donors (Lipinski definition) is 6. The van der Waals surface area contributed by atoms with Crippen LogP contribution in [0.3, 0.4) is 0 Å². The van der Waals surface area contributed by atoms with Crippen molar-refractivity contribution < 1.29 is 25.2 Å². The number of aliphatic hydroxyl groups is 4. The second-order valence-electron chi connectivity index (χ2n) is 8.55. The van der Waals surface area contributed by atoms with E-state index in [1.165, 1.54) is 18.3 Å². The number of hydrogen-bond acceptors (Lipinski definition) is 10. The van der Waals surface area contributed by atoms with Crippen molar-refractivity contribution in [3.63, 3.8) is 0 Å². The van der Waals surface area contributed by atoms with Gasteiger partial charge in [0.25, 0.3) is 0 Å². The van der Waals surface area contributed by atoms with Gasteiger partial charge in [0.15, 0.2) is 22.9 Å². The quantitative estimate of drug-likeness (QED) is 0.289. The van der Waals surface area contributed by atoms with E-state index in [0.29, 0.717) is 22.6 Å². The monoisotopic (exact) mass is 477 g/mol. The Morgan fingerprint density at radius 2 is 2.03 bits per heavy atom. The molecule has 0 radical (unpaired) electrons. The van der Waals surface area contributed by atoms with E-state index < -0.39 is 36.9 Å². The van der Waals surface area contributed by atoms with E-state index in [4.69, 9.17) is 4.74 Å². The predicted octanol–water partition coefficient (Wildman–Crippen LogP) is 0.788. The van der Waals surface area contributed by atoms with Gasteiger partial charge in [-0.15, -0.1) is 0 Å². The van der Waals surface area contributed by atoms with Gasteiger partial charge in [-0.3, -0.25) is 9.29 Å². The first-order chi connectivity index (χ1) is 15.9. The first-order valence-corrected chi connectivity index (χ1v) is 11.9. The maximum atomic E-state index is 11.5. The van der Waals surface area contributed by atoms with Crippen molar-refractivity contribution in [1.82, 2.24) is 19.6 Å². The summed E-state index contributed by atoms with van der Waals surface area (Å²) in [4.78, 5) is 9.07.